The van der Waals surface area contributed by atoms with Crippen molar-refractivity contribution in [2.45, 2.75) is 44.2 Å². The number of hydrogen-bond acceptors (Lipinski definition) is 3. The molecule has 100 valence electrons. The Morgan fingerprint density at radius 2 is 2.28 bits per heavy atom. The van der Waals surface area contributed by atoms with Crippen molar-refractivity contribution in [3.63, 3.8) is 0 Å². The Balaban J connectivity index is 2.22. The van der Waals surface area contributed by atoms with Gasteiger partial charge in [0.15, 0.2) is 0 Å². The van der Waals surface area contributed by atoms with Crippen molar-refractivity contribution in [1.82, 2.24) is 9.88 Å². The van der Waals surface area contributed by atoms with Gasteiger partial charge in [-0.05, 0) is 37.6 Å². The molecule has 1 aromatic rings. The van der Waals surface area contributed by atoms with E-state index in [0.29, 0.717) is 6.04 Å². The van der Waals surface area contributed by atoms with Crippen LogP contribution in [-0.4, -0.2) is 29.2 Å². The summed E-state index contributed by atoms with van der Waals surface area (Å²) < 4.78 is 0. The molecule has 0 radical (unpaired) electrons. The van der Waals surface area contributed by atoms with Crippen molar-refractivity contribution in [3.8, 4) is 0 Å². The van der Waals surface area contributed by atoms with Crippen molar-refractivity contribution in [2.24, 2.45) is 5.92 Å². The topological polar surface area (TPSA) is 16.1 Å². The molecule has 2 nitrogen and oxygen atoms in total. The summed E-state index contributed by atoms with van der Waals surface area (Å²) in [5, 5.41) is 1.21. The predicted molar refractivity (Wildman–Crippen MR) is 79.0 cm³/mol. The maximum Gasteiger partial charge on any atom is 0.100 e. The van der Waals surface area contributed by atoms with Crippen LogP contribution in [0.5, 0.6) is 0 Å². The Hall–Kier alpha value is -0.540. The summed E-state index contributed by atoms with van der Waals surface area (Å²) in [4.78, 5) is 7.18. The van der Waals surface area contributed by atoms with Gasteiger partial charge in [0.2, 0.25) is 0 Å². The lowest BCUT2D eigenvalue weighted by molar-refractivity contribution is 0.130. The van der Waals surface area contributed by atoms with E-state index in [1.807, 2.05) is 6.20 Å². The fourth-order valence-electron chi connectivity index (χ4n) is 2.86. The van der Waals surface area contributed by atoms with E-state index in [9.17, 15) is 0 Å². The van der Waals surface area contributed by atoms with Crippen LogP contribution in [0.1, 0.15) is 44.7 Å². The molecule has 0 bridgehead atoms. The molecule has 1 aliphatic rings. The third-order valence-electron chi connectivity index (χ3n) is 3.57. The number of aromatic nitrogens is 1. The fraction of sp³-hybridized carbons (Fsp3) is 0.667. The standard InChI is InChI=1S/C15H24N2S/c1-12(2)11-17-10-5-4-8-14(17)13-7-6-9-16-15(13)18-3/h6-7,9,12,14H,4-5,8,10-11H2,1-3H3/t14-/m0/s1. The lowest BCUT2D eigenvalue weighted by atomic mass is 9.95. The molecule has 0 N–H and O–H groups in total. The fourth-order valence-corrected chi connectivity index (χ4v) is 3.46. The molecular weight excluding hydrogens is 240 g/mol. The monoisotopic (exact) mass is 264 g/mol. The highest BCUT2D eigenvalue weighted by Crippen LogP contribution is 2.35. The van der Waals surface area contributed by atoms with E-state index in [4.69, 9.17) is 0 Å². The first-order chi connectivity index (χ1) is 8.72. The minimum Gasteiger partial charge on any atom is -0.296 e. The number of pyridine rings is 1. The van der Waals surface area contributed by atoms with Gasteiger partial charge in [0.1, 0.15) is 5.03 Å². The first-order valence-corrected chi connectivity index (χ1v) is 8.17. The van der Waals surface area contributed by atoms with Gasteiger partial charge in [0, 0.05) is 24.3 Å². The molecule has 2 heterocycles. The van der Waals surface area contributed by atoms with E-state index in [-0.39, 0.29) is 0 Å². The van der Waals surface area contributed by atoms with Crippen molar-refractivity contribution in [2.75, 3.05) is 19.3 Å². The predicted octanol–water partition coefficient (Wildman–Crippen LogP) is 3.99. The molecule has 18 heavy (non-hydrogen) atoms. The first kappa shape index (κ1) is 13.9. The van der Waals surface area contributed by atoms with E-state index < -0.39 is 0 Å². The Labute approximate surface area is 115 Å². The Morgan fingerprint density at radius 1 is 1.44 bits per heavy atom. The molecule has 3 heteroatoms. The van der Waals surface area contributed by atoms with Crippen LogP contribution in [0, 0.1) is 5.92 Å². The maximum atomic E-state index is 4.52. The quantitative estimate of drug-likeness (QED) is 0.765. The molecule has 0 aliphatic carbocycles. The van der Waals surface area contributed by atoms with E-state index in [1.54, 1.807) is 11.8 Å². The van der Waals surface area contributed by atoms with Crippen molar-refractivity contribution in [3.05, 3.63) is 23.9 Å². The van der Waals surface area contributed by atoms with E-state index in [1.165, 1.54) is 42.9 Å². The van der Waals surface area contributed by atoms with Crippen molar-refractivity contribution >= 4 is 11.8 Å². The molecule has 1 saturated heterocycles. The molecule has 1 aromatic heterocycles. The highest BCUT2D eigenvalue weighted by Gasteiger charge is 2.26. The van der Waals surface area contributed by atoms with Crippen LogP contribution in [0.4, 0.5) is 0 Å². The summed E-state index contributed by atoms with van der Waals surface area (Å²) in [7, 11) is 0. The molecule has 0 saturated carbocycles. The SMILES string of the molecule is CSc1ncccc1[C@@H]1CCCCN1CC(C)C. The van der Waals surface area contributed by atoms with Crippen molar-refractivity contribution in [1.29, 1.82) is 0 Å². The second-order valence-corrected chi connectivity index (χ2v) is 6.30. The first-order valence-electron chi connectivity index (χ1n) is 6.95. The summed E-state index contributed by atoms with van der Waals surface area (Å²) in [5.74, 6) is 0.736. The van der Waals surface area contributed by atoms with Crippen LogP contribution >= 0.6 is 11.8 Å². The molecule has 2 rings (SSSR count). The van der Waals surface area contributed by atoms with Gasteiger partial charge < -0.3 is 0 Å². The molecule has 1 fully saturated rings. The lowest BCUT2D eigenvalue weighted by Crippen LogP contribution is -2.36. The third-order valence-corrected chi connectivity index (χ3v) is 4.29. The Kier molecular flexibility index (Phi) is 5.07. The van der Waals surface area contributed by atoms with Gasteiger partial charge in [-0.25, -0.2) is 4.98 Å². The number of hydrogen-bond donors (Lipinski definition) is 0. The van der Waals surface area contributed by atoms with Crippen LogP contribution in [0.25, 0.3) is 0 Å². The number of rotatable bonds is 4. The average Bonchev–Trinajstić information content (AvgIpc) is 2.39. The normalized spacial score (nSPS) is 21.4. The number of nitrogens with zero attached hydrogens (tertiary/aromatic N) is 2. The molecule has 0 spiro atoms. The lowest BCUT2D eigenvalue weighted by Gasteiger charge is -2.37. The third kappa shape index (κ3) is 3.27. The van der Waals surface area contributed by atoms with Gasteiger partial charge in [-0.2, -0.15) is 0 Å². The Bertz CT molecular complexity index is 379. The van der Waals surface area contributed by atoms with Gasteiger partial charge in [-0.15, -0.1) is 11.8 Å². The molecule has 1 atom stereocenters. The smallest absolute Gasteiger partial charge is 0.100 e. The van der Waals surface area contributed by atoms with Crippen LogP contribution in [0.2, 0.25) is 0 Å². The highest BCUT2D eigenvalue weighted by atomic mass is 32.2. The average molecular weight is 264 g/mol. The maximum absolute atomic E-state index is 4.52. The number of likely N-dealkylation sites (tertiary alicyclic amines) is 1. The minimum atomic E-state index is 0.581. The molecule has 1 aliphatic heterocycles. The summed E-state index contributed by atoms with van der Waals surface area (Å²) in [6.07, 6.45) is 8.01. The zero-order chi connectivity index (χ0) is 13.0. The molecule has 0 amide bonds. The summed E-state index contributed by atoms with van der Waals surface area (Å²) in [6, 6.07) is 4.93. The van der Waals surface area contributed by atoms with E-state index >= 15 is 0 Å². The minimum absolute atomic E-state index is 0.581. The van der Waals surface area contributed by atoms with Gasteiger partial charge in [0.05, 0.1) is 0 Å². The van der Waals surface area contributed by atoms with Crippen LogP contribution < -0.4 is 0 Å². The highest BCUT2D eigenvalue weighted by molar-refractivity contribution is 7.98. The van der Waals surface area contributed by atoms with Crippen LogP contribution in [-0.2, 0) is 0 Å². The number of piperidine rings is 1. The van der Waals surface area contributed by atoms with Gasteiger partial charge in [-0.1, -0.05) is 26.3 Å². The van der Waals surface area contributed by atoms with Gasteiger partial charge >= 0.3 is 0 Å². The van der Waals surface area contributed by atoms with Crippen LogP contribution in [0.3, 0.4) is 0 Å². The Morgan fingerprint density at radius 3 is 3.00 bits per heavy atom. The molecular formula is C15H24N2S. The molecule has 0 unspecified atom stereocenters. The summed E-state index contributed by atoms with van der Waals surface area (Å²) in [5.41, 5.74) is 1.44. The van der Waals surface area contributed by atoms with E-state index in [0.717, 1.165) is 5.92 Å². The zero-order valence-electron chi connectivity index (χ0n) is 11.7. The number of thioether (sulfide) groups is 1. The van der Waals surface area contributed by atoms with E-state index in [2.05, 4.69) is 42.1 Å². The second-order valence-electron chi connectivity index (χ2n) is 5.50. The molecule has 0 aromatic carbocycles. The summed E-state index contributed by atoms with van der Waals surface area (Å²) >= 11 is 1.77. The zero-order valence-corrected chi connectivity index (χ0v) is 12.5. The van der Waals surface area contributed by atoms with Crippen molar-refractivity contribution < 1.29 is 0 Å². The largest absolute Gasteiger partial charge is 0.296 e. The van der Waals surface area contributed by atoms with Crippen LogP contribution in [0.15, 0.2) is 23.4 Å². The van der Waals surface area contributed by atoms with Gasteiger partial charge in [-0.3, -0.25) is 4.90 Å². The second kappa shape index (κ2) is 6.58. The summed E-state index contributed by atoms with van der Waals surface area (Å²) in [6.45, 7) is 7.06. The van der Waals surface area contributed by atoms with Gasteiger partial charge in [0.25, 0.3) is 0 Å².